The molecule has 1 unspecified atom stereocenters. The Hall–Kier alpha value is -1.66. The largest absolute Gasteiger partial charge is 0.480 e. The predicted molar refractivity (Wildman–Crippen MR) is 80.1 cm³/mol. The third-order valence-corrected chi connectivity index (χ3v) is 5.87. The van der Waals surface area contributed by atoms with Crippen LogP contribution in [0.3, 0.4) is 0 Å². The first-order valence-electron chi connectivity index (χ1n) is 5.81. The van der Waals surface area contributed by atoms with E-state index >= 15 is 0 Å². The lowest BCUT2D eigenvalue weighted by Crippen LogP contribution is -2.32. The van der Waals surface area contributed by atoms with Crippen molar-refractivity contribution in [2.45, 2.75) is 16.1 Å². The molecule has 0 aromatic heterocycles. The van der Waals surface area contributed by atoms with E-state index < -0.39 is 16.7 Å². The van der Waals surface area contributed by atoms with E-state index in [0.717, 1.165) is 10.8 Å². The molecule has 1 aliphatic carbocycles. The molecule has 0 spiro atoms. The molecule has 0 aliphatic heterocycles. The number of rotatable bonds is 5. The molecular formula is C14H12O4S2. The number of carboxylic acid groups (broad SMARTS) is 2. The van der Waals surface area contributed by atoms with Crippen LogP contribution in [0.25, 0.3) is 0 Å². The van der Waals surface area contributed by atoms with Gasteiger partial charge in [0.15, 0.2) is 0 Å². The second-order valence-electron chi connectivity index (χ2n) is 4.15. The third kappa shape index (κ3) is 3.08. The van der Waals surface area contributed by atoms with Crippen LogP contribution in [-0.2, 0) is 4.79 Å². The van der Waals surface area contributed by atoms with Crippen LogP contribution in [0.15, 0.2) is 53.5 Å². The van der Waals surface area contributed by atoms with E-state index in [1.807, 2.05) is 0 Å². The molecule has 1 aromatic rings. The molecule has 0 heterocycles. The van der Waals surface area contributed by atoms with Crippen molar-refractivity contribution in [3.63, 3.8) is 0 Å². The van der Waals surface area contributed by atoms with Gasteiger partial charge in [0.05, 0.1) is 5.56 Å². The zero-order valence-electron chi connectivity index (χ0n) is 10.4. The smallest absolute Gasteiger partial charge is 0.336 e. The number of benzene rings is 1. The second kappa shape index (κ2) is 6.19. The van der Waals surface area contributed by atoms with E-state index in [9.17, 15) is 14.7 Å². The second-order valence-corrected chi connectivity index (χ2v) is 6.66. The highest BCUT2D eigenvalue weighted by Crippen LogP contribution is 2.46. The molecule has 104 valence electrons. The van der Waals surface area contributed by atoms with Gasteiger partial charge in [-0.2, -0.15) is 0 Å². The minimum absolute atomic E-state index is 0.181. The molecule has 4 nitrogen and oxygen atoms in total. The van der Waals surface area contributed by atoms with Gasteiger partial charge in [-0.25, -0.2) is 4.79 Å². The summed E-state index contributed by atoms with van der Waals surface area (Å²) in [6.45, 7) is 0. The minimum Gasteiger partial charge on any atom is -0.480 e. The van der Waals surface area contributed by atoms with Crippen LogP contribution >= 0.6 is 21.6 Å². The fourth-order valence-corrected chi connectivity index (χ4v) is 4.42. The summed E-state index contributed by atoms with van der Waals surface area (Å²) in [6, 6.07) is 6.57. The number of hydrogen-bond donors (Lipinski definition) is 2. The molecule has 2 N–H and O–H groups in total. The molecule has 6 heteroatoms. The Labute approximate surface area is 124 Å². The van der Waals surface area contributed by atoms with Gasteiger partial charge in [0.1, 0.15) is 4.75 Å². The average Bonchev–Trinajstić information content (AvgIpc) is 2.46. The van der Waals surface area contributed by atoms with E-state index in [1.54, 1.807) is 42.5 Å². The lowest BCUT2D eigenvalue weighted by atomic mass is 10.0. The normalized spacial score (nSPS) is 20.8. The van der Waals surface area contributed by atoms with Crippen molar-refractivity contribution in [3.8, 4) is 0 Å². The van der Waals surface area contributed by atoms with Gasteiger partial charge in [-0.1, -0.05) is 58.0 Å². The van der Waals surface area contributed by atoms with Gasteiger partial charge in [-0.05, 0) is 18.6 Å². The molecular weight excluding hydrogens is 296 g/mol. The summed E-state index contributed by atoms with van der Waals surface area (Å²) in [5.74, 6) is -1.94. The SMILES string of the molecule is O=C(O)c1ccccc1SSC1(C(=O)O)C=CC=CC1. The van der Waals surface area contributed by atoms with Crippen molar-refractivity contribution in [1.29, 1.82) is 0 Å². The summed E-state index contributed by atoms with van der Waals surface area (Å²) < 4.78 is -1.05. The maximum absolute atomic E-state index is 11.5. The Bertz CT molecular complexity index is 595. The highest BCUT2D eigenvalue weighted by atomic mass is 33.1. The molecule has 0 amide bonds. The first kappa shape index (κ1) is 14.7. The van der Waals surface area contributed by atoms with Gasteiger partial charge in [0.25, 0.3) is 0 Å². The van der Waals surface area contributed by atoms with E-state index in [-0.39, 0.29) is 5.56 Å². The summed E-state index contributed by atoms with van der Waals surface area (Å²) >= 11 is 0. The fourth-order valence-electron chi connectivity index (χ4n) is 1.69. The standard InChI is InChI=1S/C14H12O4S2/c15-12(16)10-6-2-3-7-11(10)19-20-14(13(17)18)8-4-1-5-9-14/h1-8H,9H2,(H,15,16)(H,17,18). The van der Waals surface area contributed by atoms with Crippen LogP contribution in [0.1, 0.15) is 16.8 Å². The topological polar surface area (TPSA) is 74.6 Å². The average molecular weight is 308 g/mol. The first-order valence-corrected chi connectivity index (χ1v) is 7.96. The molecule has 0 bridgehead atoms. The Morgan fingerprint density at radius 2 is 1.90 bits per heavy atom. The molecule has 0 saturated carbocycles. The number of aliphatic carboxylic acids is 1. The summed E-state index contributed by atoms with van der Waals surface area (Å²) in [4.78, 5) is 23.2. The zero-order chi connectivity index (χ0) is 14.6. The molecule has 20 heavy (non-hydrogen) atoms. The molecule has 1 atom stereocenters. The molecule has 1 aromatic carbocycles. The van der Waals surface area contributed by atoms with E-state index in [4.69, 9.17) is 5.11 Å². The summed E-state index contributed by atoms with van der Waals surface area (Å²) in [6.07, 6.45) is 7.32. The zero-order valence-corrected chi connectivity index (χ0v) is 12.0. The highest BCUT2D eigenvalue weighted by molar-refractivity contribution is 8.77. The molecule has 1 aliphatic rings. The van der Waals surface area contributed by atoms with Gasteiger partial charge in [0.2, 0.25) is 0 Å². The molecule has 2 rings (SSSR count). The van der Waals surface area contributed by atoms with Crippen molar-refractivity contribution in [3.05, 3.63) is 54.1 Å². The Balaban J connectivity index is 2.19. The number of carbonyl (C=O) groups is 2. The van der Waals surface area contributed by atoms with Gasteiger partial charge in [-0.15, -0.1) is 0 Å². The van der Waals surface area contributed by atoms with Crippen LogP contribution < -0.4 is 0 Å². The first-order chi connectivity index (χ1) is 9.55. The van der Waals surface area contributed by atoms with Gasteiger partial charge in [0, 0.05) is 4.90 Å². The van der Waals surface area contributed by atoms with Crippen LogP contribution in [0, 0.1) is 0 Å². The fraction of sp³-hybridized carbons (Fsp3) is 0.143. The lowest BCUT2D eigenvalue weighted by molar-refractivity contribution is -0.138. The maximum Gasteiger partial charge on any atom is 0.336 e. The number of hydrogen-bond acceptors (Lipinski definition) is 4. The van der Waals surface area contributed by atoms with Crippen LogP contribution in [0.5, 0.6) is 0 Å². The molecule has 0 fully saturated rings. The van der Waals surface area contributed by atoms with Gasteiger partial charge >= 0.3 is 11.9 Å². The van der Waals surface area contributed by atoms with E-state index in [0.29, 0.717) is 11.3 Å². The quantitative estimate of drug-likeness (QED) is 0.811. The van der Waals surface area contributed by atoms with Crippen LogP contribution in [0.4, 0.5) is 0 Å². The van der Waals surface area contributed by atoms with Crippen LogP contribution in [-0.4, -0.2) is 26.9 Å². The minimum atomic E-state index is -1.05. The maximum atomic E-state index is 11.5. The van der Waals surface area contributed by atoms with E-state index in [2.05, 4.69) is 0 Å². The Morgan fingerprint density at radius 3 is 2.50 bits per heavy atom. The van der Waals surface area contributed by atoms with Crippen LogP contribution in [0.2, 0.25) is 0 Å². The van der Waals surface area contributed by atoms with Crippen molar-refractivity contribution in [1.82, 2.24) is 0 Å². The lowest BCUT2D eigenvalue weighted by Gasteiger charge is -2.25. The van der Waals surface area contributed by atoms with Gasteiger partial charge in [-0.3, -0.25) is 4.79 Å². The Morgan fingerprint density at radius 1 is 1.15 bits per heavy atom. The number of aromatic carboxylic acids is 1. The summed E-state index contributed by atoms with van der Waals surface area (Å²) in [7, 11) is 2.33. The third-order valence-electron chi connectivity index (χ3n) is 2.79. The van der Waals surface area contributed by atoms with Crippen molar-refractivity contribution < 1.29 is 19.8 Å². The molecule has 0 saturated heterocycles. The van der Waals surface area contributed by atoms with Crippen molar-refractivity contribution >= 4 is 33.5 Å². The number of allylic oxidation sites excluding steroid dienone is 3. The van der Waals surface area contributed by atoms with E-state index in [1.165, 1.54) is 16.9 Å². The summed E-state index contributed by atoms with van der Waals surface area (Å²) in [5.41, 5.74) is 0.181. The van der Waals surface area contributed by atoms with Crippen molar-refractivity contribution in [2.75, 3.05) is 0 Å². The predicted octanol–water partition coefficient (Wildman–Crippen LogP) is 3.46. The highest BCUT2D eigenvalue weighted by Gasteiger charge is 2.37. The van der Waals surface area contributed by atoms with Crippen molar-refractivity contribution in [2.24, 2.45) is 0 Å². The Kier molecular flexibility index (Phi) is 4.57. The monoisotopic (exact) mass is 308 g/mol. The number of carboxylic acids is 2. The molecule has 0 radical (unpaired) electrons. The summed E-state index contributed by atoms with van der Waals surface area (Å²) in [5, 5.41) is 18.5. The van der Waals surface area contributed by atoms with Gasteiger partial charge < -0.3 is 10.2 Å².